The Balaban J connectivity index is 1.27. The van der Waals surface area contributed by atoms with E-state index in [1.807, 2.05) is 48.5 Å². The van der Waals surface area contributed by atoms with Gasteiger partial charge in [-0.25, -0.2) is 9.78 Å². The van der Waals surface area contributed by atoms with Crippen molar-refractivity contribution in [1.82, 2.24) is 4.98 Å². The number of unbranched alkanes of at least 4 members (excludes halogenated alkanes) is 13. The van der Waals surface area contributed by atoms with Gasteiger partial charge in [-0.1, -0.05) is 115 Å². The van der Waals surface area contributed by atoms with Crippen LogP contribution in [0.15, 0.2) is 48.5 Å². The topological polar surface area (TPSA) is 39.2 Å². The van der Waals surface area contributed by atoms with Gasteiger partial charge in [0.1, 0.15) is 0 Å². The first-order valence-electron chi connectivity index (χ1n) is 13.2. The maximum atomic E-state index is 12.7. The number of nitrogens with zero attached hydrogens (tertiary/aromatic N) is 1. The third kappa shape index (κ3) is 8.46. The van der Waals surface area contributed by atoms with Crippen molar-refractivity contribution in [1.29, 1.82) is 0 Å². The molecule has 1 aromatic heterocycles. The number of aromatic nitrogens is 1. The first-order valence-corrected chi connectivity index (χ1v) is 13.2. The molecule has 0 aliphatic carbocycles. The van der Waals surface area contributed by atoms with Crippen molar-refractivity contribution in [2.24, 2.45) is 0 Å². The zero-order valence-electron chi connectivity index (χ0n) is 20.5. The van der Waals surface area contributed by atoms with E-state index in [9.17, 15) is 4.79 Å². The van der Waals surface area contributed by atoms with Gasteiger partial charge in [-0.15, -0.1) is 0 Å². The van der Waals surface area contributed by atoms with E-state index in [0.717, 1.165) is 34.6 Å². The lowest BCUT2D eigenvalue weighted by atomic mass is 10.0. The van der Waals surface area contributed by atoms with Gasteiger partial charge in [-0.05, 0) is 30.7 Å². The molecule has 3 heteroatoms. The molecule has 178 valence electrons. The van der Waals surface area contributed by atoms with Crippen molar-refractivity contribution in [2.75, 3.05) is 6.61 Å². The molecule has 0 aliphatic heterocycles. The minimum atomic E-state index is -0.243. The summed E-state index contributed by atoms with van der Waals surface area (Å²) in [6.07, 6.45) is 18.5. The second kappa shape index (κ2) is 14.7. The van der Waals surface area contributed by atoms with E-state index in [4.69, 9.17) is 4.74 Å². The average molecular weight is 448 g/mol. The van der Waals surface area contributed by atoms with E-state index in [0.29, 0.717) is 12.2 Å². The van der Waals surface area contributed by atoms with Crippen molar-refractivity contribution in [3.8, 4) is 0 Å². The summed E-state index contributed by atoms with van der Waals surface area (Å²) in [7, 11) is 0. The number of pyridine rings is 1. The fourth-order valence-electron chi connectivity index (χ4n) is 4.52. The largest absolute Gasteiger partial charge is 0.462 e. The Bertz CT molecular complexity index is 981. The number of rotatable bonds is 16. The summed E-state index contributed by atoms with van der Waals surface area (Å²) in [6.45, 7) is 2.77. The molecule has 0 saturated heterocycles. The molecule has 1 heterocycles. The van der Waals surface area contributed by atoms with Gasteiger partial charge in [0.05, 0.1) is 23.2 Å². The van der Waals surface area contributed by atoms with Crippen molar-refractivity contribution in [2.45, 2.75) is 96.8 Å². The Morgan fingerprint density at radius 1 is 0.697 bits per heavy atom. The number of benzene rings is 2. The Labute approximate surface area is 199 Å². The predicted octanol–water partition coefficient (Wildman–Crippen LogP) is 9.03. The van der Waals surface area contributed by atoms with Crippen LogP contribution in [-0.4, -0.2) is 17.6 Å². The third-order valence-electron chi connectivity index (χ3n) is 6.51. The molecule has 33 heavy (non-hydrogen) atoms. The highest BCUT2D eigenvalue weighted by atomic mass is 16.5. The van der Waals surface area contributed by atoms with E-state index in [1.54, 1.807) is 0 Å². The summed E-state index contributed by atoms with van der Waals surface area (Å²) in [5, 5.41) is 1.90. The van der Waals surface area contributed by atoms with Gasteiger partial charge >= 0.3 is 5.97 Å². The molecule has 0 aliphatic rings. The predicted molar refractivity (Wildman–Crippen MR) is 140 cm³/mol. The monoisotopic (exact) mass is 447 g/mol. The van der Waals surface area contributed by atoms with E-state index in [-0.39, 0.29) is 5.97 Å². The second-order valence-corrected chi connectivity index (χ2v) is 9.29. The van der Waals surface area contributed by atoms with Gasteiger partial charge in [0, 0.05) is 10.8 Å². The van der Waals surface area contributed by atoms with E-state index in [1.165, 1.54) is 77.0 Å². The van der Waals surface area contributed by atoms with Gasteiger partial charge in [0.15, 0.2) is 0 Å². The van der Waals surface area contributed by atoms with Crippen molar-refractivity contribution in [3.63, 3.8) is 0 Å². The SMILES string of the molecule is CCCCCCCCCCCCCCCCOC(=O)c1cccc2nc3ccccc3cc12. The highest BCUT2D eigenvalue weighted by Gasteiger charge is 2.12. The van der Waals surface area contributed by atoms with E-state index in [2.05, 4.69) is 11.9 Å². The number of esters is 1. The van der Waals surface area contributed by atoms with E-state index < -0.39 is 0 Å². The molecule has 3 rings (SSSR count). The number of fused-ring (bicyclic) bond motifs is 2. The zero-order valence-corrected chi connectivity index (χ0v) is 20.5. The lowest BCUT2D eigenvalue weighted by molar-refractivity contribution is 0.0500. The first-order chi connectivity index (χ1) is 16.3. The molecule has 0 amide bonds. The van der Waals surface area contributed by atoms with Crippen LogP contribution in [0, 0.1) is 0 Å². The quantitative estimate of drug-likeness (QED) is 0.125. The molecular formula is C30H41NO2. The standard InChI is InChI=1S/C30H41NO2/c1-2-3-4-5-6-7-8-9-10-11-12-13-14-17-23-33-30(32)26-20-18-22-29-27(26)24-25-19-15-16-21-28(25)31-29/h15-16,18-22,24H,2-14,17,23H2,1H3. The summed E-state index contributed by atoms with van der Waals surface area (Å²) in [6, 6.07) is 15.7. The summed E-state index contributed by atoms with van der Waals surface area (Å²) < 4.78 is 5.59. The van der Waals surface area contributed by atoms with Gasteiger partial charge in [0.2, 0.25) is 0 Å². The summed E-state index contributed by atoms with van der Waals surface area (Å²) >= 11 is 0. The molecule has 3 aromatic rings. The number of carbonyl (C=O) groups is 1. The van der Waals surface area contributed by atoms with Crippen LogP contribution < -0.4 is 0 Å². The Morgan fingerprint density at radius 2 is 1.27 bits per heavy atom. The number of hydrogen-bond donors (Lipinski definition) is 0. The number of ether oxygens (including phenoxy) is 1. The van der Waals surface area contributed by atoms with Crippen molar-refractivity contribution in [3.05, 3.63) is 54.1 Å². The number of para-hydroxylation sites is 1. The van der Waals surface area contributed by atoms with Crippen molar-refractivity contribution < 1.29 is 9.53 Å². The van der Waals surface area contributed by atoms with E-state index >= 15 is 0 Å². The summed E-state index contributed by atoms with van der Waals surface area (Å²) in [4.78, 5) is 17.4. The smallest absolute Gasteiger partial charge is 0.338 e. The molecule has 0 spiro atoms. The molecule has 0 atom stereocenters. The summed E-state index contributed by atoms with van der Waals surface area (Å²) in [5.74, 6) is -0.243. The maximum Gasteiger partial charge on any atom is 0.338 e. The van der Waals surface area contributed by atoms with Crippen LogP contribution in [0.1, 0.15) is 107 Å². The average Bonchev–Trinajstić information content (AvgIpc) is 2.84. The second-order valence-electron chi connectivity index (χ2n) is 9.29. The minimum Gasteiger partial charge on any atom is -0.462 e. The lowest BCUT2D eigenvalue weighted by Crippen LogP contribution is -2.07. The molecule has 0 N–H and O–H groups in total. The highest BCUT2D eigenvalue weighted by molar-refractivity contribution is 6.06. The van der Waals surface area contributed by atoms with Gasteiger partial charge in [-0.2, -0.15) is 0 Å². The third-order valence-corrected chi connectivity index (χ3v) is 6.51. The fraction of sp³-hybridized carbons (Fsp3) is 0.533. The van der Waals surface area contributed by atoms with Crippen LogP contribution in [0.4, 0.5) is 0 Å². The molecular weight excluding hydrogens is 406 g/mol. The minimum absolute atomic E-state index is 0.243. The van der Waals surface area contributed by atoms with Gasteiger partial charge in [-0.3, -0.25) is 0 Å². The van der Waals surface area contributed by atoms with Gasteiger partial charge in [0.25, 0.3) is 0 Å². The van der Waals surface area contributed by atoms with Gasteiger partial charge < -0.3 is 4.74 Å². The fourth-order valence-corrected chi connectivity index (χ4v) is 4.52. The van der Waals surface area contributed by atoms with Crippen LogP contribution in [0.3, 0.4) is 0 Å². The van der Waals surface area contributed by atoms with Crippen LogP contribution >= 0.6 is 0 Å². The highest BCUT2D eigenvalue weighted by Crippen LogP contribution is 2.23. The van der Waals surface area contributed by atoms with Crippen LogP contribution in [-0.2, 0) is 4.74 Å². The molecule has 3 nitrogen and oxygen atoms in total. The molecule has 0 radical (unpaired) electrons. The lowest BCUT2D eigenvalue weighted by Gasteiger charge is -2.08. The molecule has 0 bridgehead atoms. The first kappa shape index (κ1) is 25.2. The molecule has 2 aromatic carbocycles. The Hall–Kier alpha value is -2.42. The Morgan fingerprint density at radius 3 is 1.94 bits per heavy atom. The normalized spacial score (nSPS) is 11.3. The molecule has 0 fully saturated rings. The number of hydrogen-bond acceptors (Lipinski definition) is 3. The maximum absolute atomic E-state index is 12.7. The number of carbonyl (C=O) groups excluding carboxylic acids is 1. The summed E-state index contributed by atoms with van der Waals surface area (Å²) in [5.41, 5.74) is 2.38. The Kier molecular flexibility index (Phi) is 11.2. The van der Waals surface area contributed by atoms with Crippen LogP contribution in [0.25, 0.3) is 21.8 Å². The zero-order chi connectivity index (χ0) is 23.1. The van der Waals surface area contributed by atoms with Crippen LogP contribution in [0.5, 0.6) is 0 Å². The van der Waals surface area contributed by atoms with Crippen molar-refractivity contribution >= 4 is 27.8 Å². The molecule has 0 unspecified atom stereocenters. The van der Waals surface area contributed by atoms with Crippen LogP contribution in [0.2, 0.25) is 0 Å². The molecule has 0 saturated carbocycles.